The lowest BCUT2D eigenvalue weighted by molar-refractivity contribution is 0.590. The van der Waals surface area contributed by atoms with E-state index in [9.17, 15) is 16.4 Å². The molecule has 0 amide bonds. The molecule has 0 aliphatic carbocycles. The highest BCUT2D eigenvalue weighted by Gasteiger charge is 2.51. The smallest absolute Gasteiger partial charge is 0.257 e. The number of benzene rings is 14. The normalized spacial score (nSPS) is 16.7. The third-order valence-corrected chi connectivity index (χ3v) is 26.0. The molecule has 16 aromatic rings. The molecule has 0 radical (unpaired) electrons. The van der Waals surface area contributed by atoms with Crippen LogP contribution in [0.4, 0.5) is 103 Å². The monoisotopic (exact) mass is 1540 g/mol. The molecule has 0 fully saturated rings. The topological polar surface area (TPSA) is 45.7 Å². The molecule has 6 aliphatic rings. The largest absolute Gasteiger partial charge is 0.440 e. The van der Waals surface area contributed by atoms with Gasteiger partial charge in [0.1, 0.15) is 11.2 Å². The van der Waals surface area contributed by atoms with Gasteiger partial charge in [0.15, 0.2) is 0 Å². The maximum Gasteiger partial charge on any atom is 0.257 e. The van der Waals surface area contributed by atoms with E-state index < -0.39 is 60.5 Å². The van der Waals surface area contributed by atoms with Crippen LogP contribution in [0.15, 0.2) is 300 Å². The molecule has 118 heavy (non-hydrogen) atoms. The van der Waals surface area contributed by atoms with Crippen LogP contribution in [-0.2, 0) is 32.5 Å². The molecule has 0 saturated carbocycles. The van der Waals surface area contributed by atoms with Crippen molar-refractivity contribution >= 4 is 182 Å². The summed E-state index contributed by atoms with van der Waals surface area (Å²) < 4.78 is 141. The van der Waals surface area contributed by atoms with E-state index >= 15 is 0 Å². The predicted octanol–water partition coefficient (Wildman–Crippen LogP) is 25.9. The minimum absolute atomic E-state index is 0.0504. The zero-order valence-corrected chi connectivity index (χ0v) is 69.4. The van der Waals surface area contributed by atoms with Crippen molar-refractivity contribution in [2.75, 3.05) is 29.4 Å². The number of fused-ring (bicyclic) bond motifs is 17. The van der Waals surface area contributed by atoms with E-state index in [1.165, 1.54) is 0 Å². The second-order valence-corrected chi connectivity index (χ2v) is 38.0. The second kappa shape index (κ2) is 25.0. The Kier molecular flexibility index (Phi) is 12.7. The van der Waals surface area contributed by atoms with Gasteiger partial charge in [0.05, 0.1) is 50.6 Å². The van der Waals surface area contributed by atoms with E-state index in [4.69, 9.17) is 8.83 Å². The fourth-order valence-corrected chi connectivity index (χ4v) is 19.9. The van der Waals surface area contributed by atoms with Gasteiger partial charge < -0.3 is 28.4 Å². The quantitative estimate of drug-likeness (QED) is 0.153. The van der Waals surface area contributed by atoms with Gasteiger partial charge >= 0.3 is 0 Å². The Labute approximate surface area is 711 Å². The third-order valence-electron chi connectivity index (χ3n) is 26.0. The lowest BCUT2D eigenvalue weighted by Crippen LogP contribution is -2.61. The standard InChI is InChI=1S/C108H96B2N6O2/c1-103(2,3)67-41-49-71(50-42-67)111-89-59-65-58-84-90(60-66(65)57-83(89)109-97-77-29-17-27-39-95(77)117-101(97)115(73-53-45-69(46-54-73)105(7,8)9)93-63-75(61-91(111)99(93)109)113-85-35-23-19-31-79(85)107(13,14)80-32-20-24-36-86(80)113)112(72-51-43-68(44-52-72)104(4,5)6)92-62-76(114-87-37-25-21-33-81(87)108(15,16)82-34-22-26-38-88(82)114)64-94-100(92)110(84)98-78-30-18-28-40-96(78)118-102(98)116(94)74-55-47-70(48-56-74)106(10,11)12/h17-64H,1-16H3/i17D,18D,27D,28D,29D,30D,39D,40D,57D,58D,59D,60D. The van der Waals surface area contributed by atoms with Crippen LogP contribution in [0.25, 0.3) is 32.7 Å². The molecule has 8 nitrogen and oxygen atoms in total. The number of rotatable bonds is 6. The molecule has 22 rings (SSSR count). The molecular formula is C108H96B2N6O2. The summed E-state index contributed by atoms with van der Waals surface area (Å²) in [6.07, 6.45) is 0. The first-order chi connectivity index (χ1) is 61.6. The second-order valence-electron chi connectivity index (χ2n) is 38.0. The number of nitrogens with zero attached hydrogens (tertiary/aromatic N) is 6. The van der Waals surface area contributed by atoms with Gasteiger partial charge in [-0.3, -0.25) is 9.80 Å². The maximum absolute atomic E-state index is 12.0. The van der Waals surface area contributed by atoms with Crippen molar-refractivity contribution in [2.45, 2.75) is 143 Å². The molecule has 10 heteroatoms. The van der Waals surface area contributed by atoms with Crippen LogP contribution in [0, 0.1) is 0 Å². The first-order valence-corrected chi connectivity index (χ1v) is 41.2. The number of para-hydroxylation sites is 6. The molecule has 6 aliphatic heterocycles. The van der Waals surface area contributed by atoms with Crippen LogP contribution < -0.4 is 62.2 Å². The van der Waals surface area contributed by atoms with Crippen molar-refractivity contribution in [3.05, 3.63) is 335 Å². The molecule has 0 atom stereocenters. The van der Waals surface area contributed by atoms with Crippen LogP contribution in [-0.4, -0.2) is 13.4 Å². The number of furan rings is 2. The Hall–Kier alpha value is -12.7. The predicted molar refractivity (Wildman–Crippen MR) is 500 cm³/mol. The van der Waals surface area contributed by atoms with Gasteiger partial charge in [0.25, 0.3) is 13.4 Å². The summed E-state index contributed by atoms with van der Waals surface area (Å²) in [5, 5.41) is 0.0566. The first kappa shape index (κ1) is 59.9. The molecule has 0 bridgehead atoms. The van der Waals surface area contributed by atoms with E-state index in [1.807, 2.05) is 58.3 Å². The average molecular weight is 1540 g/mol. The lowest BCUT2D eigenvalue weighted by atomic mass is 9.33. The minimum atomic E-state index is -1.23. The van der Waals surface area contributed by atoms with Crippen molar-refractivity contribution in [2.24, 2.45) is 0 Å². The molecule has 0 spiro atoms. The molecule has 8 heterocycles. The highest BCUT2D eigenvalue weighted by molar-refractivity contribution is 7.02. The highest BCUT2D eigenvalue weighted by Crippen LogP contribution is 2.59. The molecule has 576 valence electrons. The molecule has 0 unspecified atom stereocenters. The van der Waals surface area contributed by atoms with Gasteiger partial charge in [-0.1, -0.05) is 280 Å². The molecule has 2 aromatic heterocycles. The van der Waals surface area contributed by atoms with E-state index in [1.54, 1.807) is 0 Å². The summed E-state index contributed by atoms with van der Waals surface area (Å²) in [6.45, 7) is 32.5. The van der Waals surface area contributed by atoms with Gasteiger partial charge in [0, 0.05) is 89.4 Å². The summed E-state index contributed by atoms with van der Waals surface area (Å²) in [5.41, 5.74) is 18.5. The van der Waals surface area contributed by atoms with Gasteiger partial charge in [-0.05, 0) is 220 Å². The van der Waals surface area contributed by atoms with Crippen molar-refractivity contribution in [1.82, 2.24) is 0 Å². The van der Waals surface area contributed by atoms with E-state index in [0.29, 0.717) is 78.7 Å². The Morgan fingerprint density at radius 2 is 0.542 bits per heavy atom. The number of anilines is 18. The Balaban J connectivity index is 0.926. The van der Waals surface area contributed by atoms with Crippen LogP contribution in [0.2, 0.25) is 0 Å². The molecule has 0 saturated heterocycles. The Morgan fingerprint density at radius 3 is 0.839 bits per heavy atom. The average Bonchev–Trinajstić information content (AvgIpc) is 1.29. The zero-order valence-electron chi connectivity index (χ0n) is 81.4. The molecule has 14 aromatic carbocycles. The summed E-state index contributed by atoms with van der Waals surface area (Å²) in [6, 6.07) is 71.1. The van der Waals surface area contributed by atoms with Crippen LogP contribution in [0.3, 0.4) is 0 Å². The maximum atomic E-state index is 12.0. The molecular weight excluding hydrogens is 1430 g/mol. The van der Waals surface area contributed by atoms with Crippen molar-refractivity contribution < 1.29 is 25.3 Å². The number of hydrogen-bond donors (Lipinski definition) is 0. The first-order valence-electron chi connectivity index (χ1n) is 47.2. The van der Waals surface area contributed by atoms with E-state index in [-0.39, 0.29) is 125 Å². The van der Waals surface area contributed by atoms with E-state index in [0.717, 1.165) is 67.3 Å². The van der Waals surface area contributed by atoms with Gasteiger partial charge in [-0.25, -0.2) is 0 Å². The SMILES string of the molecule is [2H]c1c([2H])c([2H])c2c3c(oc2c1[2H])N(c1ccc(C(C)(C)C)cc1)c1cc(N2c4ccccc4C(C)(C)c4ccccc42)cc2c1B3c1c(c([2H])c3c([2H])c4c(c([2H])c3c1[2H])N(c1ccc(C(C)(C)C)cc1)c1cc(N3c5ccccc5C(C)(C)c5ccccc53)cc3c1B4c1c(oc4c([2H])c([2H])c([2H])c([2H])c14)N3c1ccc(C(C)(C)C)cc1)N2c1ccc(C(C)(C)C)cc1. The van der Waals surface area contributed by atoms with Gasteiger partial charge in [-0.15, -0.1) is 0 Å². The summed E-state index contributed by atoms with van der Waals surface area (Å²) in [5.74, 6) is 0.329. The van der Waals surface area contributed by atoms with Crippen LogP contribution in [0.1, 0.15) is 172 Å². The highest BCUT2D eigenvalue weighted by atomic mass is 16.4. The fraction of sp³-hybridized carbons (Fsp3) is 0.204. The Bertz CT molecular complexity index is 7120. The van der Waals surface area contributed by atoms with Gasteiger partial charge in [0.2, 0.25) is 11.8 Å². The van der Waals surface area contributed by atoms with Gasteiger partial charge in [-0.2, -0.15) is 0 Å². The van der Waals surface area contributed by atoms with Crippen molar-refractivity contribution in [3.63, 3.8) is 0 Å². The molecule has 0 N–H and O–H groups in total. The minimum Gasteiger partial charge on any atom is -0.440 e. The Morgan fingerprint density at radius 1 is 0.280 bits per heavy atom. The summed E-state index contributed by atoms with van der Waals surface area (Å²) >= 11 is 0. The number of hydrogen-bond acceptors (Lipinski definition) is 8. The fourth-order valence-electron chi connectivity index (χ4n) is 19.9. The zero-order chi connectivity index (χ0) is 91.4. The summed E-state index contributed by atoms with van der Waals surface area (Å²) in [4.78, 5) is 12.7. The third kappa shape index (κ3) is 10.5. The summed E-state index contributed by atoms with van der Waals surface area (Å²) in [7, 11) is 0. The van der Waals surface area contributed by atoms with Crippen LogP contribution >= 0.6 is 0 Å². The van der Waals surface area contributed by atoms with Crippen molar-refractivity contribution in [1.29, 1.82) is 0 Å². The van der Waals surface area contributed by atoms with E-state index in [2.05, 4.69) is 300 Å². The lowest BCUT2D eigenvalue weighted by Gasteiger charge is -2.46. The van der Waals surface area contributed by atoms with Crippen molar-refractivity contribution in [3.8, 4) is 0 Å². The van der Waals surface area contributed by atoms with Crippen LogP contribution in [0.5, 0.6) is 0 Å².